The molecule has 0 amide bonds. The van der Waals surface area contributed by atoms with Crippen LogP contribution in [0.25, 0.3) is 0 Å². The summed E-state index contributed by atoms with van der Waals surface area (Å²) in [4.78, 5) is 0. The van der Waals surface area contributed by atoms with E-state index in [1.54, 1.807) is 0 Å². The normalized spacial score (nSPS) is 49.2. The Labute approximate surface area is 76.5 Å². The second-order valence-corrected chi connectivity index (χ2v) is 4.37. The van der Waals surface area contributed by atoms with Crippen LogP contribution in [0.5, 0.6) is 0 Å². The Balaban J connectivity index is 2.63. The van der Waals surface area contributed by atoms with Gasteiger partial charge in [0.1, 0.15) is 0 Å². The molecule has 0 bridgehead atoms. The molecule has 1 aliphatic rings. The molecule has 0 radical (unpaired) electrons. The molecular formula is C11H22O. The molecule has 1 rings (SSSR count). The minimum atomic E-state index is 0.446. The fourth-order valence-electron chi connectivity index (χ4n) is 2.24. The SMILES string of the molecule is CC[C@H]1O[C@H](C)[C@@H](C)[C@H](C)[C@@H]1C. The maximum Gasteiger partial charge on any atom is 0.0604 e. The van der Waals surface area contributed by atoms with Gasteiger partial charge in [-0.15, -0.1) is 0 Å². The van der Waals surface area contributed by atoms with E-state index >= 15 is 0 Å². The van der Waals surface area contributed by atoms with Crippen LogP contribution >= 0.6 is 0 Å². The first-order chi connectivity index (χ1) is 5.57. The van der Waals surface area contributed by atoms with Crippen LogP contribution in [0.1, 0.15) is 41.0 Å². The van der Waals surface area contributed by atoms with Crippen LogP contribution < -0.4 is 0 Å². The monoisotopic (exact) mass is 170 g/mol. The van der Waals surface area contributed by atoms with Crippen molar-refractivity contribution in [1.29, 1.82) is 0 Å². The molecule has 0 N–H and O–H groups in total. The largest absolute Gasteiger partial charge is 0.375 e. The number of ether oxygens (including phenoxy) is 1. The summed E-state index contributed by atoms with van der Waals surface area (Å²) in [5.74, 6) is 2.24. The van der Waals surface area contributed by atoms with Crippen molar-refractivity contribution < 1.29 is 4.74 Å². The first-order valence-electron chi connectivity index (χ1n) is 5.23. The molecule has 12 heavy (non-hydrogen) atoms. The van der Waals surface area contributed by atoms with Gasteiger partial charge in [0.15, 0.2) is 0 Å². The summed E-state index contributed by atoms with van der Waals surface area (Å²) in [6.45, 7) is 11.4. The molecule has 0 unspecified atom stereocenters. The van der Waals surface area contributed by atoms with E-state index in [-0.39, 0.29) is 0 Å². The summed E-state index contributed by atoms with van der Waals surface area (Å²) >= 11 is 0. The van der Waals surface area contributed by atoms with Crippen LogP contribution in [0, 0.1) is 17.8 Å². The van der Waals surface area contributed by atoms with E-state index in [0.29, 0.717) is 18.1 Å². The lowest BCUT2D eigenvalue weighted by atomic mass is 9.76. The second-order valence-electron chi connectivity index (χ2n) is 4.37. The lowest BCUT2D eigenvalue weighted by Gasteiger charge is -2.42. The molecule has 0 spiro atoms. The van der Waals surface area contributed by atoms with E-state index in [1.165, 1.54) is 0 Å². The molecule has 0 aromatic rings. The molecule has 0 aromatic carbocycles. The van der Waals surface area contributed by atoms with Crippen molar-refractivity contribution in [2.24, 2.45) is 17.8 Å². The Morgan fingerprint density at radius 2 is 1.50 bits per heavy atom. The van der Waals surface area contributed by atoms with E-state index in [2.05, 4.69) is 34.6 Å². The summed E-state index contributed by atoms with van der Waals surface area (Å²) in [5.41, 5.74) is 0. The van der Waals surface area contributed by atoms with Gasteiger partial charge in [0.2, 0.25) is 0 Å². The van der Waals surface area contributed by atoms with Crippen molar-refractivity contribution in [2.45, 2.75) is 53.2 Å². The quantitative estimate of drug-likeness (QED) is 0.587. The molecule has 1 saturated heterocycles. The van der Waals surface area contributed by atoms with Crippen LogP contribution in [0.3, 0.4) is 0 Å². The molecule has 1 aliphatic heterocycles. The van der Waals surface area contributed by atoms with E-state index in [9.17, 15) is 0 Å². The van der Waals surface area contributed by atoms with Gasteiger partial charge < -0.3 is 4.74 Å². The van der Waals surface area contributed by atoms with Crippen LogP contribution in [0.2, 0.25) is 0 Å². The second kappa shape index (κ2) is 3.78. The summed E-state index contributed by atoms with van der Waals surface area (Å²) in [6.07, 6.45) is 2.09. The molecule has 1 heteroatoms. The molecule has 1 nitrogen and oxygen atoms in total. The van der Waals surface area contributed by atoms with Gasteiger partial charge in [-0.1, -0.05) is 27.7 Å². The maximum absolute atomic E-state index is 5.93. The van der Waals surface area contributed by atoms with E-state index in [1.807, 2.05) is 0 Å². The lowest BCUT2D eigenvalue weighted by molar-refractivity contribution is -0.125. The average Bonchev–Trinajstić information content (AvgIpc) is 2.08. The zero-order valence-corrected chi connectivity index (χ0v) is 9.00. The third kappa shape index (κ3) is 1.66. The van der Waals surface area contributed by atoms with Crippen molar-refractivity contribution >= 4 is 0 Å². The molecule has 0 aliphatic carbocycles. The molecule has 72 valence electrons. The molecule has 1 fully saturated rings. The number of hydrogen-bond donors (Lipinski definition) is 0. The predicted molar refractivity (Wildman–Crippen MR) is 52.1 cm³/mol. The van der Waals surface area contributed by atoms with Gasteiger partial charge in [-0.25, -0.2) is 0 Å². The molecule has 5 atom stereocenters. The van der Waals surface area contributed by atoms with Crippen molar-refractivity contribution in [3.63, 3.8) is 0 Å². The lowest BCUT2D eigenvalue weighted by Crippen LogP contribution is -2.42. The van der Waals surface area contributed by atoms with Gasteiger partial charge in [0, 0.05) is 0 Å². The van der Waals surface area contributed by atoms with Gasteiger partial charge in [0.25, 0.3) is 0 Å². The zero-order valence-electron chi connectivity index (χ0n) is 9.00. The predicted octanol–water partition coefficient (Wildman–Crippen LogP) is 3.09. The van der Waals surface area contributed by atoms with Crippen LogP contribution in [0.4, 0.5) is 0 Å². The molecule has 0 aromatic heterocycles. The van der Waals surface area contributed by atoms with Gasteiger partial charge >= 0.3 is 0 Å². The summed E-state index contributed by atoms with van der Waals surface area (Å²) in [6, 6.07) is 0. The van der Waals surface area contributed by atoms with E-state index in [0.717, 1.165) is 18.3 Å². The van der Waals surface area contributed by atoms with Crippen LogP contribution in [0.15, 0.2) is 0 Å². The van der Waals surface area contributed by atoms with Crippen LogP contribution in [-0.4, -0.2) is 12.2 Å². The maximum atomic E-state index is 5.93. The highest BCUT2D eigenvalue weighted by molar-refractivity contribution is 4.83. The highest BCUT2D eigenvalue weighted by Crippen LogP contribution is 2.35. The molecule has 1 heterocycles. The van der Waals surface area contributed by atoms with Crippen molar-refractivity contribution in [1.82, 2.24) is 0 Å². The topological polar surface area (TPSA) is 9.23 Å². The first kappa shape index (κ1) is 10.0. The Hall–Kier alpha value is -0.0400. The van der Waals surface area contributed by atoms with Crippen molar-refractivity contribution in [2.75, 3.05) is 0 Å². The summed E-state index contributed by atoms with van der Waals surface area (Å²) in [7, 11) is 0. The van der Waals surface area contributed by atoms with E-state index < -0.39 is 0 Å². The Bertz CT molecular complexity index is 139. The number of rotatable bonds is 1. The standard InChI is InChI=1S/C11H22O/c1-6-11-9(4)7(2)8(3)10(5)12-11/h7-11H,6H2,1-5H3/t7-,8-,9-,10+,11+/m0/s1. The molecule has 0 saturated carbocycles. The summed E-state index contributed by atoms with van der Waals surface area (Å²) < 4.78 is 5.93. The minimum Gasteiger partial charge on any atom is -0.375 e. The van der Waals surface area contributed by atoms with Gasteiger partial charge in [-0.05, 0) is 31.1 Å². The molecular weight excluding hydrogens is 148 g/mol. The smallest absolute Gasteiger partial charge is 0.0604 e. The van der Waals surface area contributed by atoms with Crippen molar-refractivity contribution in [3.05, 3.63) is 0 Å². The summed E-state index contributed by atoms with van der Waals surface area (Å²) in [5, 5.41) is 0. The third-order valence-electron chi connectivity index (χ3n) is 3.78. The zero-order chi connectivity index (χ0) is 9.30. The van der Waals surface area contributed by atoms with Crippen LogP contribution in [-0.2, 0) is 4.74 Å². The third-order valence-corrected chi connectivity index (χ3v) is 3.78. The van der Waals surface area contributed by atoms with Crippen molar-refractivity contribution in [3.8, 4) is 0 Å². The first-order valence-corrected chi connectivity index (χ1v) is 5.23. The number of hydrogen-bond acceptors (Lipinski definition) is 1. The fraction of sp³-hybridized carbons (Fsp3) is 1.00. The average molecular weight is 170 g/mol. The Kier molecular flexibility index (Phi) is 3.16. The van der Waals surface area contributed by atoms with Gasteiger partial charge in [0.05, 0.1) is 12.2 Å². The van der Waals surface area contributed by atoms with E-state index in [4.69, 9.17) is 4.74 Å². The van der Waals surface area contributed by atoms with Gasteiger partial charge in [-0.2, -0.15) is 0 Å². The highest BCUT2D eigenvalue weighted by atomic mass is 16.5. The fourth-order valence-corrected chi connectivity index (χ4v) is 2.24. The minimum absolute atomic E-state index is 0.446. The van der Waals surface area contributed by atoms with Gasteiger partial charge in [-0.3, -0.25) is 0 Å². The highest BCUT2D eigenvalue weighted by Gasteiger charge is 2.35. The Morgan fingerprint density at radius 1 is 0.917 bits per heavy atom. The Morgan fingerprint density at radius 3 is 2.00 bits per heavy atom.